The summed E-state index contributed by atoms with van der Waals surface area (Å²) in [6, 6.07) is 21.8. The maximum absolute atomic E-state index is 13.4. The van der Waals surface area contributed by atoms with Crippen LogP contribution < -0.4 is 15.6 Å². The van der Waals surface area contributed by atoms with Gasteiger partial charge in [0.1, 0.15) is 11.5 Å². The maximum atomic E-state index is 13.4. The molecule has 1 N–H and O–H groups in total. The zero-order chi connectivity index (χ0) is 31.3. The number of nitrogens with zero attached hydrogens (tertiary/aromatic N) is 4. The van der Waals surface area contributed by atoms with E-state index >= 15 is 0 Å². The van der Waals surface area contributed by atoms with Crippen molar-refractivity contribution in [1.29, 1.82) is 0 Å². The Hall–Kier alpha value is -4.30. The van der Waals surface area contributed by atoms with Crippen molar-refractivity contribution in [3.05, 3.63) is 106 Å². The monoisotopic (exact) mass is 605 g/mol. The van der Waals surface area contributed by atoms with Crippen LogP contribution in [0.2, 0.25) is 0 Å². The molecule has 0 spiro atoms. The first-order valence-corrected chi connectivity index (χ1v) is 16.3. The van der Waals surface area contributed by atoms with Gasteiger partial charge >= 0.3 is 0 Å². The van der Waals surface area contributed by atoms with Crippen molar-refractivity contribution in [2.45, 2.75) is 76.8 Å². The van der Waals surface area contributed by atoms with Gasteiger partial charge in [0.25, 0.3) is 11.5 Å². The van der Waals surface area contributed by atoms with Crippen molar-refractivity contribution in [3.8, 4) is 22.8 Å². The maximum Gasteiger partial charge on any atom is 0.253 e. The normalized spacial score (nSPS) is 16.3. The molecule has 0 unspecified atom stereocenters. The summed E-state index contributed by atoms with van der Waals surface area (Å²) in [7, 11) is 1.75. The lowest BCUT2D eigenvalue weighted by Gasteiger charge is -2.36. The van der Waals surface area contributed by atoms with E-state index in [0.29, 0.717) is 35.0 Å². The molecular formula is C37H43N5O3. The number of nitrogens with one attached hydrogen (secondary N) is 1. The van der Waals surface area contributed by atoms with E-state index in [-0.39, 0.29) is 17.5 Å². The quantitative estimate of drug-likeness (QED) is 0.235. The Balaban J connectivity index is 1.20. The molecule has 8 heteroatoms. The number of likely N-dealkylation sites (tertiary alicyclic amines) is 1. The van der Waals surface area contributed by atoms with Gasteiger partial charge in [0.2, 0.25) is 0 Å². The van der Waals surface area contributed by atoms with E-state index in [2.05, 4.69) is 34.3 Å². The number of hydrogen-bond donors (Lipinski definition) is 1. The van der Waals surface area contributed by atoms with Crippen LogP contribution in [0.15, 0.2) is 77.7 Å². The summed E-state index contributed by atoms with van der Waals surface area (Å²) < 4.78 is 7.99. The number of aryl methyl sites for hydroxylation is 1. The minimum absolute atomic E-state index is 0.0526. The predicted octanol–water partition coefficient (Wildman–Crippen LogP) is 6.49. The highest BCUT2D eigenvalue weighted by Gasteiger charge is 2.28. The number of carbonyl (C=O) groups is 1. The summed E-state index contributed by atoms with van der Waals surface area (Å²) in [6.07, 6.45) is 9.37. The highest BCUT2D eigenvalue weighted by molar-refractivity contribution is 5.95. The van der Waals surface area contributed by atoms with Gasteiger partial charge in [-0.05, 0) is 91.8 Å². The van der Waals surface area contributed by atoms with E-state index in [0.717, 1.165) is 54.5 Å². The number of hydrogen-bond acceptors (Lipinski definition) is 6. The zero-order valence-electron chi connectivity index (χ0n) is 26.5. The molecule has 0 radical (unpaired) electrons. The number of benzene rings is 2. The molecule has 1 saturated heterocycles. The average Bonchev–Trinajstić information content (AvgIpc) is 3.60. The van der Waals surface area contributed by atoms with Crippen LogP contribution in [0.4, 0.5) is 0 Å². The highest BCUT2D eigenvalue weighted by atomic mass is 16.5. The Kier molecular flexibility index (Phi) is 9.40. The summed E-state index contributed by atoms with van der Waals surface area (Å²) in [5.41, 5.74) is 4.67. The summed E-state index contributed by atoms with van der Waals surface area (Å²) in [5, 5.41) is 12.0. The van der Waals surface area contributed by atoms with Crippen LogP contribution in [-0.2, 0) is 13.5 Å². The van der Waals surface area contributed by atoms with Gasteiger partial charge in [-0.2, -0.15) is 10.2 Å². The van der Waals surface area contributed by atoms with Crippen LogP contribution in [-0.4, -0.2) is 50.7 Å². The van der Waals surface area contributed by atoms with Gasteiger partial charge in [0, 0.05) is 61.5 Å². The van der Waals surface area contributed by atoms with Gasteiger partial charge in [0.15, 0.2) is 0 Å². The first kappa shape index (κ1) is 30.7. The molecule has 1 aliphatic heterocycles. The number of pyridine rings is 1. The number of piperidine rings is 1. The fourth-order valence-electron chi connectivity index (χ4n) is 6.50. The van der Waals surface area contributed by atoms with E-state index in [1.165, 1.54) is 25.7 Å². The fraction of sp³-hybridized carbons (Fsp3) is 0.405. The molecule has 3 heterocycles. The smallest absolute Gasteiger partial charge is 0.253 e. The Morgan fingerprint density at radius 3 is 2.38 bits per heavy atom. The van der Waals surface area contributed by atoms with Crippen molar-refractivity contribution in [3.63, 3.8) is 0 Å². The second-order valence-corrected chi connectivity index (χ2v) is 12.8. The van der Waals surface area contributed by atoms with Crippen LogP contribution in [0.1, 0.15) is 85.5 Å². The molecular weight excluding hydrogens is 562 g/mol. The molecule has 6 rings (SSSR count). The molecule has 0 atom stereocenters. The molecule has 4 aromatic rings. The van der Waals surface area contributed by atoms with E-state index in [4.69, 9.17) is 4.74 Å². The summed E-state index contributed by atoms with van der Waals surface area (Å²) in [6.45, 7) is 6.27. The lowest BCUT2D eigenvalue weighted by Crippen LogP contribution is -2.47. The second kappa shape index (κ2) is 13.8. The molecule has 2 aromatic carbocycles. The van der Waals surface area contributed by atoms with Gasteiger partial charge in [-0.3, -0.25) is 9.59 Å². The Morgan fingerprint density at radius 1 is 0.933 bits per heavy atom. The highest BCUT2D eigenvalue weighted by Crippen LogP contribution is 2.31. The van der Waals surface area contributed by atoms with E-state index in [1.54, 1.807) is 23.9 Å². The van der Waals surface area contributed by atoms with Gasteiger partial charge in [0.05, 0.1) is 11.4 Å². The first-order chi connectivity index (χ1) is 21.8. The number of carbonyl (C=O) groups excluding carboxylic acids is 1. The van der Waals surface area contributed by atoms with Crippen molar-refractivity contribution in [2.75, 3.05) is 13.1 Å². The molecule has 2 aromatic heterocycles. The lowest BCUT2D eigenvalue weighted by molar-refractivity contribution is 0.0892. The largest absolute Gasteiger partial charge is 0.457 e. The fourth-order valence-corrected chi connectivity index (χ4v) is 6.50. The number of aromatic nitrogens is 3. The molecule has 0 bridgehead atoms. The van der Waals surface area contributed by atoms with Crippen LogP contribution in [0.25, 0.3) is 11.3 Å². The number of ether oxygens (including phenoxy) is 1. The summed E-state index contributed by atoms with van der Waals surface area (Å²) in [4.78, 5) is 28.9. The van der Waals surface area contributed by atoms with Crippen molar-refractivity contribution < 1.29 is 9.53 Å². The zero-order valence-corrected chi connectivity index (χ0v) is 26.5. The van der Waals surface area contributed by atoms with Gasteiger partial charge < -0.3 is 19.5 Å². The van der Waals surface area contributed by atoms with Crippen molar-refractivity contribution >= 4 is 5.91 Å². The third kappa shape index (κ3) is 7.34. The lowest BCUT2D eigenvalue weighted by atomic mass is 10.0. The SMILES string of the molecule is CC(C)c1ccc(-c2ccc(Oc3cc(C(=O)NC4CCN(C5CCCC5)CC4)ccc3Cc3cccn(C)c3=O)cc2)nn1. The summed E-state index contributed by atoms with van der Waals surface area (Å²) in [5.74, 6) is 1.41. The Bertz CT molecular complexity index is 1670. The van der Waals surface area contributed by atoms with Crippen LogP contribution in [0.3, 0.4) is 0 Å². The van der Waals surface area contributed by atoms with Gasteiger partial charge in [-0.15, -0.1) is 0 Å². The topological polar surface area (TPSA) is 89.4 Å². The minimum Gasteiger partial charge on any atom is -0.457 e. The van der Waals surface area contributed by atoms with Gasteiger partial charge in [-0.1, -0.05) is 38.8 Å². The standard InChI is InChI=1S/C37H43N5O3/c1-25(2)33-16-17-34(40-39-33)26-12-14-32(15-13-26)45-35-24-28(11-10-27(35)23-29-7-6-20-41(3)37(29)44)36(43)38-30-18-21-42(22-19-30)31-8-4-5-9-31/h6-7,10-17,20,24-25,30-31H,4-5,8-9,18-19,21-23H2,1-3H3,(H,38,43). The molecule has 8 nitrogen and oxygen atoms in total. The molecule has 1 amide bonds. The molecule has 1 aliphatic carbocycles. The second-order valence-electron chi connectivity index (χ2n) is 12.8. The first-order valence-electron chi connectivity index (χ1n) is 16.3. The van der Waals surface area contributed by atoms with E-state index in [9.17, 15) is 9.59 Å². The van der Waals surface area contributed by atoms with Gasteiger partial charge in [-0.25, -0.2) is 0 Å². The van der Waals surface area contributed by atoms with Crippen molar-refractivity contribution in [2.24, 2.45) is 7.05 Å². The Labute approximate surface area is 265 Å². The van der Waals surface area contributed by atoms with Crippen LogP contribution in [0, 0.1) is 0 Å². The average molecular weight is 606 g/mol. The number of rotatable bonds is 9. The van der Waals surface area contributed by atoms with E-state index in [1.807, 2.05) is 60.7 Å². The minimum atomic E-state index is -0.0971. The molecule has 2 fully saturated rings. The summed E-state index contributed by atoms with van der Waals surface area (Å²) >= 11 is 0. The Morgan fingerprint density at radius 2 is 1.69 bits per heavy atom. The number of amides is 1. The molecule has 45 heavy (non-hydrogen) atoms. The van der Waals surface area contributed by atoms with Crippen LogP contribution >= 0.6 is 0 Å². The van der Waals surface area contributed by atoms with Crippen molar-refractivity contribution in [1.82, 2.24) is 25.0 Å². The third-order valence-corrected chi connectivity index (χ3v) is 9.27. The van der Waals surface area contributed by atoms with Crippen LogP contribution in [0.5, 0.6) is 11.5 Å². The predicted molar refractivity (Wildman–Crippen MR) is 177 cm³/mol. The van der Waals surface area contributed by atoms with E-state index < -0.39 is 0 Å². The molecule has 1 saturated carbocycles. The third-order valence-electron chi connectivity index (χ3n) is 9.27. The molecule has 2 aliphatic rings. The molecule has 234 valence electrons.